The fourth-order valence-corrected chi connectivity index (χ4v) is 3.88. The number of nitrogens with zero attached hydrogens (tertiary/aromatic N) is 4. The average Bonchev–Trinajstić information content (AvgIpc) is 3.22. The van der Waals surface area contributed by atoms with Crippen LogP contribution in [0.4, 0.5) is 5.69 Å². The Morgan fingerprint density at radius 2 is 1.89 bits per heavy atom. The van der Waals surface area contributed by atoms with Gasteiger partial charge in [0.1, 0.15) is 0 Å². The molecule has 0 saturated heterocycles. The molecule has 1 amide bonds. The van der Waals surface area contributed by atoms with E-state index in [2.05, 4.69) is 25.9 Å². The first-order valence-corrected chi connectivity index (χ1v) is 9.96. The van der Waals surface area contributed by atoms with Crippen LogP contribution in [0.2, 0.25) is 0 Å². The molecule has 3 aromatic rings. The van der Waals surface area contributed by atoms with Crippen molar-refractivity contribution in [2.45, 2.75) is 24.8 Å². The Labute approximate surface area is 162 Å². The summed E-state index contributed by atoms with van der Waals surface area (Å²) in [7, 11) is -2.17. The number of carbonyl (C=O) groups excluding carboxylic acids is 1. The van der Waals surface area contributed by atoms with E-state index in [-0.39, 0.29) is 16.5 Å². The van der Waals surface area contributed by atoms with E-state index >= 15 is 0 Å². The van der Waals surface area contributed by atoms with Crippen molar-refractivity contribution < 1.29 is 13.2 Å². The summed E-state index contributed by atoms with van der Waals surface area (Å²) in [6, 6.07) is 12.7. The highest BCUT2D eigenvalue weighted by Crippen LogP contribution is 2.21. The van der Waals surface area contributed by atoms with Gasteiger partial charge in [0.25, 0.3) is 5.91 Å². The maximum absolute atomic E-state index is 12.7. The molecule has 0 unspecified atom stereocenters. The summed E-state index contributed by atoms with van der Waals surface area (Å²) in [5.41, 5.74) is 1.45. The van der Waals surface area contributed by atoms with Crippen molar-refractivity contribution in [1.82, 2.24) is 24.9 Å². The van der Waals surface area contributed by atoms with Gasteiger partial charge in [0.2, 0.25) is 15.8 Å². The lowest BCUT2D eigenvalue weighted by molar-refractivity contribution is 0.102. The molecule has 9 nitrogen and oxygen atoms in total. The summed E-state index contributed by atoms with van der Waals surface area (Å²) in [5, 5.41) is 16.4. The molecule has 146 valence electrons. The normalized spacial score (nSPS) is 11.8. The van der Waals surface area contributed by atoms with Gasteiger partial charge >= 0.3 is 0 Å². The first kappa shape index (κ1) is 19.6. The molecular weight excluding hydrogens is 380 g/mol. The number of rotatable bonds is 6. The maximum atomic E-state index is 12.7. The van der Waals surface area contributed by atoms with E-state index in [1.165, 1.54) is 23.5 Å². The minimum atomic E-state index is -3.68. The Morgan fingerprint density at radius 3 is 2.57 bits per heavy atom. The maximum Gasteiger partial charge on any atom is 0.255 e. The van der Waals surface area contributed by atoms with Gasteiger partial charge in [0.15, 0.2) is 0 Å². The molecule has 1 aromatic heterocycles. The molecule has 0 aliphatic rings. The van der Waals surface area contributed by atoms with Crippen LogP contribution in [-0.2, 0) is 10.0 Å². The molecule has 10 heteroatoms. The molecule has 1 heterocycles. The van der Waals surface area contributed by atoms with Crippen LogP contribution in [0.15, 0.2) is 53.4 Å². The van der Waals surface area contributed by atoms with Crippen LogP contribution < -0.4 is 5.32 Å². The molecule has 0 fully saturated rings. The number of sulfonamides is 1. The first-order chi connectivity index (χ1) is 13.3. The fourth-order valence-electron chi connectivity index (χ4n) is 2.46. The summed E-state index contributed by atoms with van der Waals surface area (Å²) in [5.74, 6) is -0.0181. The largest absolute Gasteiger partial charge is 0.322 e. The number of aromatic nitrogens is 4. The Balaban J connectivity index is 1.84. The molecule has 0 aliphatic carbocycles. The number of anilines is 1. The summed E-state index contributed by atoms with van der Waals surface area (Å²) in [4.78, 5) is 12.7. The van der Waals surface area contributed by atoms with Gasteiger partial charge < -0.3 is 5.32 Å². The molecule has 0 spiro atoms. The third-order valence-electron chi connectivity index (χ3n) is 4.22. The predicted octanol–water partition coefficient (Wildman–Crippen LogP) is 2.15. The van der Waals surface area contributed by atoms with Gasteiger partial charge in [-0.1, -0.05) is 18.2 Å². The van der Waals surface area contributed by atoms with Gasteiger partial charge in [-0.05, 0) is 49.4 Å². The van der Waals surface area contributed by atoms with Crippen LogP contribution in [-0.4, -0.2) is 52.3 Å². The van der Waals surface area contributed by atoms with Gasteiger partial charge in [0, 0.05) is 29.9 Å². The smallest absolute Gasteiger partial charge is 0.255 e. The quantitative estimate of drug-likeness (QED) is 0.654. The Morgan fingerprint density at radius 1 is 1.14 bits per heavy atom. The van der Waals surface area contributed by atoms with Crippen LogP contribution in [0.5, 0.6) is 0 Å². The fraction of sp³-hybridized carbons (Fsp3) is 0.222. The Hall–Kier alpha value is -3.11. The molecule has 0 atom stereocenters. The summed E-state index contributed by atoms with van der Waals surface area (Å²) < 4.78 is 26.6. The van der Waals surface area contributed by atoms with Crippen molar-refractivity contribution in [2.24, 2.45) is 0 Å². The van der Waals surface area contributed by atoms with E-state index in [0.29, 0.717) is 17.1 Å². The van der Waals surface area contributed by atoms with Crippen LogP contribution >= 0.6 is 0 Å². The second-order valence-electron chi connectivity index (χ2n) is 6.41. The van der Waals surface area contributed by atoms with E-state index in [1.54, 1.807) is 50.2 Å². The zero-order valence-corrected chi connectivity index (χ0v) is 16.4. The molecule has 3 rings (SSSR count). The minimum Gasteiger partial charge on any atom is -0.322 e. The van der Waals surface area contributed by atoms with Crippen LogP contribution in [0.3, 0.4) is 0 Å². The van der Waals surface area contributed by atoms with Crippen molar-refractivity contribution in [3.8, 4) is 11.4 Å². The molecular formula is C18H20N6O3S. The SMILES string of the molecule is CC(C)N(C)S(=O)(=O)c1cccc(C(=O)Nc2cccc(-c3nn[nH]n3)c2)c1. The number of benzene rings is 2. The summed E-state index contributed by atoms with van der Waals surface area (Å²) >= 11 is 0. The number of H-pyrrole nitrogens is 1. The standard InChI is InChI=1S/C18H20N6O3S/c1-12(2)24(3)28(26,27)16-9-5-7-14(11-16)18(25)19-15-8-4-6-13(10-15)17-20-22-23-21-17/h4-12H,1-3H3,(H,19,25)(H,20,21,22,23). The molecule has 0 saturated carbocycles. The number of carbonyl (C=O) groups is 1. The summed E-state index contributed by atoms with van der Waals surface area (Å²) in [6.07, 6.45) is 0. The van der Waals surface area contributed by atoms with Crippen molar-refractivity contribution in [2.75, 3.05) is 12.4 Å². The second kappa shape index (κ2) is 7.87. The van der Waals surface area contributed by atoms with Gasteiger partial charge in [-0.3, -0.25) is 4.79 Å². The van der Waals surface area contributed by atoms with Crippen LogP contribution in [0.1, 0.15) is 24.2 Å². The van der Waals surface area contributed by atoms with Gasteiger partial charge in [-0.15, -0.1) is 10.2 Å². The molecule has 0 bridgehead atoms. The van der Waals surface area contributed by atoms with E-state index in [1.807, 2.05) is 0 Å². The molecule has 28 heavy (non-hydrogen) atoms. The topological polar surface area (TPSA) is 121 Å². The third kappa shape index (κ3) is 4.07. The van der Waals surface area contributed by atoms with E-state index in [0.717, 1.165) is 0 Å². The molecule has 2 N–H and O–H groups in total. The average molecular weight is 400 g/mol. The zero-order chi connectivity index (χ0) is 20.3. The number of amides is 1. The lowest BCUT2D eigenvalue weighted by atomic mass is 10.1. The highest BCUT2D eigenvalue weighted by Gasteiger charge is 2.24. The van der Waals surface area contributed by atoms with Crippen LogP contribution in [0, 0.1) is 0 Å². The predicted molar refractivity (Wildman–Crippen MR) is 104 cm³/mol. The van der Waals surface area contributed by atoms with E-state index < -0.39 is 15.9 Å². The highest BCUT2D eigenvalue weighted by molar-refractivity contribution is 7.89. The zero-order valence-electron chi connectivity index (χ0n) is 15.6. The lowest BCUT2D eigenvalue weighted by Crippen LogP contribution is -2.33. The second-order valence-corrected chi connectivity index (χ2v) is 8.41. The van der Waals surface area contributed by atoms with Crippen molar-refractivity contribution in [3.63, 3.8) is 0 Å². The number of hydrogen-bond donors (Lipinski definition) is 2. The van der Waals surface area contributed by atoms with Crippen LogP contribution in [0.25, 0.3) is 11.4 Å². The highest BCUT2D eigenvalue weighted by atomic mass is 32.2. The number of aromatic amines is 1. The Bertz CT molecular complexity index is 1080. The third-order valence-corrected chi connectivity index (χ3v) is 6.25. The Kier molecular flexibility index (Phi) is 5.52. The lowest BCUT2D eigenvalue weighted by Gasteiger charge is -2.21. The van der Waals surface area contributed by atoms with Gasteiger partial charge in [0.05, 0.1) is 4.90 Å². The molecule has 0 aliphatic heterocycles. The first-order valence-electron chi connectivity index (χ1n) is 8.52. The number of tetrazole rings is 1. The number of nitrogens with one attached hydrogen (secondary N) is 2. The van der Waals surface area contributed by atoms with Crippen molar-refractivity contribution >= 4 is 21.6 Å². The number of hydrogen-bond acceptors (Lipinski definition) is 6. The summed E-state index contributed by atoms with van der Waals surface area (Å²) in [6.45, 7) is 3.57. The van der Waals surface area contributed by atoms with Crippen molar-refractivity contribution in [1.29, 1.82) is 0 Å². The van der Waals surface area contributed by atoms with Gasteiger partial charge in [-0.25, -0.2) is 8.42 Å². The molecule has 0 radical (unpaired) electrons. The monoisotopic (exact) mass is 400 g/mol. The van der Waals surface area contributed by atoms with Gasteiger partial charge in [-0.2, -0.15) is 9.52 Å². The van der Waals surface area contributed by atoms with Crippen molar-refractivity contribution in [3.05, 3.63) is 54.1 Å². The minimum absolute atomic E-state index is 0.0666. The van der Waals surface area contributed by atoms with E-state index in [4.69, 9.17) is 0 Å². The molecule has 2 aromatic carbocycles. The van der Waals surface area contributed by atoms with E-state index in [9.17, 15) is 13.2 Å².